The van der Waals surface area contributed by atoms with Crippen LogP contribution in [0.3, 0.4) is 0 Å². The third-order valence-electron chi connectivity index (χ3n) is 4.39. The van der Waals surface area contributed by atoms with E-state index in [1.807, 2.05) is 49.6 Å². The fraction of sp³-hybridized carbons (Fsp3) is 0.370. The molecule has 0 radical (unpaired) electrons. The van der Waals surface area contributed by atoms with Crippen molar-refractivity contribution in [3.05, 3.63) is 85.1 Å². The minimum absolute atomic E-state index is 0.00463. The summed E-state index contributed by atoms with van der Waals surface area (Å²) in [5.74, 6) is 0.973. The molecule has 1 aromatic heterocycles. The van der Waals surface area contributed by atoms with E-state index in [1.165, 1.54) is 32.4 Å². The number of aliphatic imine (C=N–C) groups is 1. The highest BCUT2D eigenvalue weighted by Crippen LogP contribution is 2.29. The molecule has 1 fully saturated rings. The quantitative estimate of drug-likeness (QED) is 0.261. The first-order valence-corrected chi connectivity index (χ1v) is 11.1. The number of hydrogen-bond acceptors (Lipinski definition) is 5. The summed E-state index contributed by atoms with van der Waals surface area (Å²) in [6, 6.07) is 2.02. The summed E-state index contributed by atoms with van der Waals surface area (Å²) in [5.41, 5.74) is 3.14. The molecule has 6 nitrogen and oxygen atoms in total. The zero-order valence-corrected chi connectivity index (χ0v) is 20.8. The number of carbonyl (C=O) groups excluding carboxylic acids is 1. The minimum atomic E-state index is 0.00463. The number of carbonyl (C=O) groups is 1. The molecule has 0 bridgehead atoms. The molecule has 6 heteroatoms. The Morgan fingerprint density at radius 1 is 1.33 bits per heavy atom. The van der Waals surface area contributed by atoms with E-state index in [2.05, 4.69) is 40.7 Å². The van der Waals surface area contributed by atoms with Gasteiger partial charge in [-0.05, 0) is 42.4 Å². The van der Waals surface area contributed by atoms with E-state index < -0.39 is 0 Å². The number of pyridine rings is 1. The molecule has 1 aliphatic rings. The van der Waals surface area contributed by atoms with Gasteiger partial charge in [-0.3, -0.25) is 14.8 Å². The van der Waals surface area contributed by atoms with Crippen molar-refractivity contribution in [3.8, 4) is 0 Å². The number of anilines is 1. The molecular formula is C27H40N4O2. The topological polar surface area (TPSA) is 75.6 Å². The zero-order valence-electron chi connectivity index (χ0n) is 20.8. The Labute approximate surface area is 200 Å². The summed E-state index contributed by atoms with van der Waals surface area (Å²) in [4.78, 5) is 17.8. The van der Waals surface area contributed by atoms with Crippen LogP contribution < -0.4 is 10.6 Å². The number of aromatic nitrogens is 1. The van der Waals surface area contributed by atoms with Gasteiger partial charge in [-0.2, -0.15) is 0 Å². The van der Waals surface area contributed by atoms with Crippen molar-refractivity contribution in [2.75, 3.05) is 26.0 Å². The Morgan fingerprint density at radius 2 is 2.00 bits per heavy atom. The first-order valence-electron chi connectivity index (χ1n) is 11.1. The summed E-state index contributed by atoms with van der Waals surface area (Å²) in [6.07, 6.45) is 21.0. The van der Waals surface area contributed by atoms with Gasteiger partial charge in [0.2, 0.25) is 5.91 Å². The standard InChI is InChI=1S/C21H27N3O.C3H7NO.C3H6/c1-6-19(25-5)11-10-17(3)18(4)20-12-15-23-16-21(20)24-14-9-8-13-22-7-2;1-3(5)4-2;1-2-3-1/h6-13,15-16,18,24H,2-3,14H2,1,4-5H3;1-2H3,(H,4,5);1-3H2/b9-8+,11-10-,19-6+,22-13?;;. The Morgan fingerprint density at radius 3 is 2.52 bits per heavy atom. The third-order valence-corrected chi connectivity index (χ3v) is 4.39. The van der Waals surface area contributed by atoms with Crippen LogP contribution in [-0.4, -0.2) is 37.8 Å². The monoisotopic (exact) mass is 452 g/mol. The van der Waals surface area contributed by atoms with E-state index in [1.54, 1.807) is 26.6 Å². The highest BCUT2D eigenvalue weighted by molar-refractivity contribution is 5.72. The van der Waals surface area contributed by atoms with E-state index in [0.717, 1.165) is 22.6 Å². The second kappa shape index (κ2) is 19.3. The highest BCUT2D eigenvalue weighted by Gasteiger charge is 2.12. The molecule has 0 spiro atoms. The lowest BCUT2D eigenvalue weighted by Gasteiger charge is -2.17. The fourth-order valence-electron chi connectivity index (χ4n) is 2.15. The van der Waals surface area contributed by atoms with Crippen molar-refractivity contribution in [3.63, 3.8) is 0 Å². The summed E-state index contributed by atoms with van der Waals surface area (Å²) < 4.78 is 5.24. The number of ether oxygens (including phenoxy) is 1. The predicted molar refractivity (Wildman–Crippen MR) is 142 cm³/mol. The molecule has 2 N–H and O–H groups in total. The number of rotatable bonds is 10. The number of nitrogens with one attached hydrogen (secondary N) is 2. The van der Waals surface area contributed by atoms with Gasteiger partial charge in [0.1, 0.15) is 5.76 Å². The zero-order chi connectivity index (χ0) is 24.9. The van der Waals surface area contributed by atoms with Crippen LogP contribution in [0.15, 0.2) is 84.5 Å². The first-order chi connectivity index (χ1) is 15.9. The van der Waals surface area contributed by atoms with Crippen molar-refractivity contribution in [1.82, 2.24) is 10.3 Å². The van der Waals surface area contributed by atoms with Crippen molar-refractivity contribution in [2.45, 2.75) is 46.0 Å². The lowest BCUT2D eigenvalue weighted by Crippen LogP contribution is -2.11. The van der Waals surface area contributed by atoms with E-state index in [-0.39, 0.29) is 11.8 Å². The van der Waals surface area contributed by atoms with Crippen LogP contribution in [0.25, 0.3) is 0 Å². The molecule has 1 aliphatic carbocycles. The molecule has 0 saturated heterocycles. The summed E-state index contributed by atoms with van der Waals surface area (Å²) >= 11 is 0. The van der Waals surface area contributed by atoms with Gasteiger partial charge in [-0.1, -0.05) is 51.5 Å². The van der Waals surface area contributed by atoms with Gasteiger partial charge in [0.15, 0.2) is 0 Å². The average Bonchev–Trinajstić information content (AvgIpc) is 3.71. The normalized spacial score (nSPS) is 13.4. The van der Waals surface area contributed by atoms with Crippen LogP contribution in [0.4, 0.5) is 5.69 Å². The van der Waals surface area contributed by atoms with Crippen molar-refractivity contribution >= 4 is 17.8 Å². The molecule has 0 aromatic carbocycles. The van der Waals surface area contributed by atoms with Gasteiger partial charge >= 0.3 is 0 Å². The van der Waals surface area contributed by atoms with E-state index in [9.17, 15) is 4.79 Å². The molecule has 180 valence electrons. The van der Waals surface area contributed by atoms with Gasteiger partial charge in [0.25, 0.3) is 0 Å². The Hall–Kier alpha value is -3.41. The lowest BCUT2D eigenvalue weighted by molar-refractivity contribution is -0.118. The molecule has 1 saturated carbocycles. The SMILES string of the molecule is C1CC1.C=CN=C/C=C/CNc1cnccc1C(C)C(=C)/C=C\C(=C/C)OC.CNC(C)=O. The Kier molecular flexibility index (Phi) is 17.3. The van der Waals surface area contributed by atoms with Crippen LogP contribution in [0.5, 0.6) is 0 Å². The molecule has 33 heavy (non-hydrogen) atoms. The maximum atomic E-state index is 9.70. The Bertz CT molecular complexity index is 834. The van der Waals surface area contributed by atoms with Gasteiger partial charge in [-0.15, -0.1) is 0 Å². The molecule has 0 aliphatic heterocycles. The highest BCUT2D eigenvalue weighted by atomic mass is 16.5. The minimum Gasteiger partial charge on any atom is -0.497 e. The summed E-state index contributed by atoms with van der Waals surface area (Å²) in [5, 5.41) is 5.76. The Balaban J connectivity index is 0.00000108. The number of amides is 1. The van der Waals surface area contributed by atoms with Crippen LogP contribution in [0.1, 0.15) is 51.5 Å². The second-order valence-electron chi connectivity index (χ2n) is 7.14. The van der Waals surface area contributed by atoms with E-state index >= 15 is 0 Å². The van der Waals surface area contributed by atoms with Gasteiger partial charge in [-0.25, -0.2) is 0 Å². The maximum absolute atomic E-state index is 9.70. The van der Waals surface area contributed by atoms with Gasteiger partial charge in [0.05, 0.1) is 19.0 Å². The molecular weight excluding hydrogens is 412 g/mol. The summed E-state index contributed by atoms with van der Waals surface area (Å²) in [6.45, 7) is 13.9. The summed E-state index contributed by atoms with van der Waals surface area (Å²) in [7, 11) is 3.26. The molecule has 1 amide bonds. The average molecular weight is 453 g/mol. The molecule has 1 aromatic rings. The smallest absolute Gasteiger partial charge is 0.216 e. The predicted octanol–water partition coefficient (Wildman–Crippen LogP) is 5.95. The molecule has 1 atom stereocenters. The number of nitrogens with zero attached hydrogens (tertiary/aromatic N) is 2. The lowest BCUT2D eigenvalue weighted by atomic mass is 9.93. The fourth-order valence-corrected chi connectivity index (χ4v) is 2.15. The third kappa shape index (κ3) is 16.0. The van der Waals surface area contributed by atoms with E-state index in [0.29, 0.717) is 6.54 Å². The first kappa shape index (κ1) is 29.6. The largest absolute Gasteiger partial charge is 0.497 e. The van der Waals surface area contributed by atoms with E-state index in [4.69, 9.17) is 4.74 Å². The van der Waals surface area contributed by atoms with Crippen molar-refractivity contribution in [1.29, 1.82) is 0 Å². The molecule has 2 rings (SSSR count). The van der Waals surface area contributed by atoms with Crippen LogP contribution in [0, 0.1) is 0 Å². The number of allylic oxidation sites excluding steroid dienone is 5. The van der Waals surface area contributed by atoms with Crippen LogP contribution in [0.2, 0.25) is 0 Å². The molecule has 1 unspecified atom stereocenters. The van der Waals surface area contributed by atoms with Crippen molar-refractivity contribution in [2.24, 2.45) is 4.99 Å². The molecule has 1 heterocycles. The van der Waals surface area contributed by atoms with Crippen LogP contribution >= 0.6 is 0 Å². The van der Waals surface area contributed by atoms with Crippen molar-refractivity contribution < 1.29 is 9.53 Å². The van der Waals surface area contributed by atoms with Gasteiger partial charge < -0.3 is 15.4 Å². The number of methoxy groups -OCH3 is 1. The maximum Gasteiger partial charge on any atom is 0.216 e. The number of hydrogen-bond donors (Lipinski definition) is 2. The van der Waals surface area contributed by atoms with Gasteiger partial charge in [0, 0.05) is 45.0 Å². The van der Waals surface area contributed by atoms with Crippen LogP contribution in [-0.2, 0) is 9.53 Å². The second-order valence-corrected chi connectivity index (χ2v) is 7.14.